The predicted molar refractivity (Wildman–Crippen MR) is 60.6 cm³/mol. The van der Waals surface area contributed by atoms with Crippen molar-refractivity contribution in [2.75, 3.05) is 26.2 Å². The molecular weight excluding hydrogens is 188 g/mol. The predicted octanol–water partition coefficient (Wildman–Crippen LogP) is 1.39. The number of piperidine rings is 2. The van der Waals surface area contributed by atoms with E-state index >= 15 is 0 Å². The summed E-state index contributed by atoms with van der Waals surface area (Å²) in [5.41, 5.74) is 0.359. The van der Waals surface area contributed by atoms with Gasteiger partial charge in [-0.1, -0.05) is 6.92 Å². The molecule has 0 bridgehead atoms. The van der Waals surface area contributed by atoms with E-state index in [4.69, 9.17) is 0 Å². The SMILES string of the molecule is CC1(CN2CCCCC2=O)CCNCC1. The largest absolute Gasteiger partial charge is 0.342 e. The van der Waals surface area contributed by atoms with E-state index in [1.807, 2.05) is 0 Å². The Morgan fingerprint density at radius 3 is 2.73 bits per heavy atom. The van der Waals surface area contributed by atoms with Gasteiger partial charge in [-0.25, -0.2) is 0 Å². The minimum absolute atomic E-state index is 0.359. The second kappa shape index (κ2) is 4.52. The number of hydrogen-bond acceptors (Lipinski definition) is 2. The fourth-order valence-electron chi connectivity index (χ4n) is 2.68. The number of carbonyl (C=O) groups excluding carboxylic acids is 1. The van der Waals surface area contributed by atoms with Gasteiger partial charge in [-0.3, -0.25) is 4.79 Å². The topological polar surface area (TPSA) is 32.3 Å². The molecule has 2 heterocycles. The number of amides is 1. The van der Waals surface area contributed by atoms with E-state index in [9.17, 15) is 4.79 Å². The van der Waals surface area contributed by atoms with Crippen LogP contribution >= 0.6 is 0 Å². The zero-order chi connectivity index (χ0) is 10.7. The van der Waals surface area contributed by atoms with Crippen molar-refractivity contribution in [1.82, 2.24) is 10.2 Å². The Kier molecular flexibility index (Phi) is 3.29. The van der Waals surface area contributed by atoms with Gasteiger partial charge >= 0.3 is 0 Å². The van der Waals surface area contributed by atoms with E-state index in [1.54, 1.807) is 0 Å². The van der Waals surface area contributed by atoms with E-state index in [0.29, 0.717) is 11.3 Å². The molecule has 2 fully saturated rings. The maximum absolute atomic E-state index is 11.7. The molecule has 3 nitrogen and oxygen atoms in total. The molecule has 0 aromatic rings. The van der Waals surface area contributed by atoms with Gasteiger partial charge in [0.2, 0.25) is 5.91 Å². The van der Waals surface area contributed by atoms with Crippen molar-refractivity contribution in [1.29, 1.82) is 0 Å². The maximum atomic E-state index is 11.7. The fraction of sp³-hybridized carbons (Fsp3) is 0.917. The van der Waals surface area contributed by atoms with E-state index in [-0.39, 0.29) is 0 Å². The summed E-state index contributed by atoms with van der Waals surface area (Å²) in [7, 11) is 0. The number of rotatable bonds is 2. The molecule has 0 radical (unpaired) electrons. The molecule has 0 aromatic heterocycles. The Morgan fingerprint density at radius 2 is 2.07 bits per heavy atom. The van der Waals surface area contributed by atoms with Crippen LogP contribution in [-0.2, 0) is 4.79 Å². The standard InChI is InChI=1S/C12H22N2O/c1-12(5-7-13-8-6-12)10-14-9-3-2-4-11(14)15/h13H,2-10H2,1H3. The van der Waals surface area contributed by atoms with Crippen molar-refractivity contribution in [3.05, 3.63) is 0 Å². The Hall–Kier alpha value is -0.570. The second-order valence-electron chi connectivity index (χ2n) is 5.33. The quantitative estimate of drug-likeness (QED) is 0.747. The lowest BCUT2D eigenvalue weighted by atomic mass is 9.80. The molecule has 2 saturated heterocycles. The van der Waals surface area contributed by atoms with Gasteiger partial charge < -0.3 is 10.2 Å². The number of likely N-dealkylation sites (tertiary alicyclic amines) is 1. The third kappa shape index (κ3) is 2.71. The number of carbonyl (C=O) groups is 1. The van der Waals surface area contributed by atoms with Crippen LogP contribution in [0, 0.1) is 5.41 Å². The smallest absolute Gasteiger partial charge is 0.222 e. The van der Waals surface area contributed by atoms with Crippen LogP contribution in [-0.4, -0.2) is 37.0 Å². The lowest BCUT2D eigenvalue weighted by molar-refractivity contribution is -0.135. The molecule has 0 saturated carbocycles. The Morgan fingerprint density at radius 1 is 1.33 bits per heavy atom. The van der Waals surface area contributed by atoms with Gasteiger partial charge in [0.15, 0.2) is 0 Å². The Bertz CT molecular complexity index is 234. The average molecular weight is 210 g/mol. The van der Waals surface area contributed by atoms with E-state index in [1.165, 1.54) is 19.3 Å². The van der Waals surface area contributed by atoms with Crippen molar-refractivity contribution in [2.45, 2.75) is 39.0 Å². The van der Waals surface area contributed by atoms with E-state index in [0.717, 1.165) is 39.0 Å². The molecule has 1 amide bonds. The van der Waals surface area contributed by atoms with Crippen molar-refractivity contribution < 1.29 is 4.79 Å². The summed E-state index contributed by atoms with van der Waals surface area (Å²) in [5, 5.41) is 3.38. The third-order valence-corrected chi connectivity index (χ3v) is 3.80. The Balaban J connectivity index is 1.91. The molecular formula is C12H22N2O. The summed E-state index contributed by atoms with van der Waals surface area (Å²) in [4.78, 5) is 13.8. The van der Waals surface area contributed by atoms with Gasteiger partial charge in [0.05, 0.1) is 0 Å². The minimum atomic E-state index is 0.359. The average Bonchev–Trinajstić information content (AvgIpc) is 2.22. The van der Waals surface area contributed by atoms with Crippen LogP contribution in [0.3, 0.4) is 0 Å². The zero-order valence-electron chi connectivity index (χ0n) is 9.72. The number of nitrogens with zero attached hydrogens (tertiary/aromatic N) is 1. The van der Waals surface area contributed by atoms with Crippen LogP contribution in [0.1, 0.15) is 39.0 Å². The lowest BCUT2D eigenvalue weighted by Gasteiger charge is -2.39. The van der Waals surface area contributed by atoms with E-state index < -0.39 is 0 Å². The fourth-order valence-corrected chi connectivity index (χ4v) is 2.68. The summed E-state index contributed by atoms with van der Waals surface area (Å²) in [6, 6.07) is 0. The first-order valence-corrected chi connectivity index (χ1v) is 6.18. The van der Waals surface area contributed by atoms with E-state index in [2.05, 4.69) is 17.1 Å². The van der Waals surface area contributed by atoms with Crippen LogP contribution in [0.4, 0.5) is 0 Å². The van der Waals surface area contributed by atoms with Crippen LogP contribution in [0.15, 0.2) is 0 Å². The highest BCUT2D eigenvalue weighted by atomic mass is 16.2. The molecule has 0 spiro atoms. The zero-order valence-corrected chi connectivity index (χ0v) is 9.72. The molecule has 2 rings (SSSR count). The number of nitrogens with one attached hydrogen (secondary N) is 1. The minimum Gasteiger partial charge on any atom is -0.342 e. The van der Waals surface area contributed by atoms with Crippen molar-refractivity contribution >= 4 is 5.91 Å². The first-order valence-electron chi connectivity index (χ1n) is 6.18. The molecule has 2 aliphatic heterocycles. The van der Waals surface area contributed by atoms with Crippen LogP contribution < -0.4 is 5.32 Å². The molecule has 0 atom stereocenters. The van der Waals surface area contributed by atoms with Gasteiger partial charge in [0.1, 0.15) is 0 Å². The van der Waals surface area contributed by atoms with Gasteiger partial charge in [-0.15, -0.1) is 0 Å². The van der Waals surface area contributed by atoms with Gasteiger partial charge in [0.25, 0.3) is 0 Å². The highest BCUT2D eigenvalue weighted by Crippen LogP contribution is 2.30. The monoisotopic (exact) mass is 210 g/mol. The van der Waals surface area contributed by atoms with Crippen molar-refractivity contribution in [2.24, 2.45) is 5.41 Å². The van der Waals surface area contributed by atoms with Gasteiger partial charge in [0, 0.05) is 19.5 Å². The highest BCUT2D eigenvalue weighted by Gasteiger charge is 2.31. The first-order chi connectivity index (χ1) is 7.20. The molecule has 0 unspecified atom stereocenters. The third-order valence-electron chi connectivity index (χ3n) is 3.80. The van der Waals surface area contributed by atoms with Crippen LogP contribution in [0.5, 0.6) is 0 Å². The molecule has 3 heteroatoms. The maximum Gasteiger partial charge on any atom is 0.222 e. The molecule has 15 heavy (non-hydrogen) atoms. The van der Waals surface area contributed by atoms with Crippen LogP contribution in [0.2, 0.25) is 0 Å². The summed E-state index contributed by atoms with van der Waals surface area (Å²) in [6.45, 7) is 6.52. The molecule has 2 aliphatic rings. The molecule has 86 valence electrons. The molecule has 0 aliphatic carbocycles. The molecule has 1 N–H and O–H groups in total. The summed E-state index contributed by atoms with van der Waals surface area (Å²) in [5.74, 6) is 0.376. The summed E-state index contributed by atoms with van der Waals surface area (Å²) < 4.78 is 0. The van der Waals surface area contributed by atoms with Gasteiger partial charge in [-0.2, -0.15) is 0 Å². The van der Waals surface area contributed by atoms with Crippen LogP contribution in [0.25, 0.3) is 0 Å². The lowest BCUT2D eigenvalue weighted by Crippen LogP contribution is -2.46. The highest BCUT2D eigenvalue weighted by molar-refractivity contribution is 5.76. The first kappa shape index (κ1) is 10.9. The Labute approximate surface area is 92.2 Å². The molecule has 0 aromatic carbocycles. The normalized spacial score (nSPS) is 26.7. The second-order valence-corrected chi connectivity index (χ2v) is 5.33. The summed E-state index contributed by atoms with van der Waals surface area (Å²) >= 11 is 0. The van der Waals surface area contributed by atoms with Gasteiger partial charge in [-0.05, 0) is 44.2 Å². The van der Waals surface area contributed by atoms with Crippen molar-refractivity contribution in [3.8, 4) is 0 Å². The van der Waals surface area contributed by atoms with Crippen molar-refractivity contribution in [3.63, 3.8) is 0 Å². The number of hydrogen-bond donors (Lipinski definition) is 1. The summed E-state index contributed by atoms with van der Waals surface area (Å²) in [6.07, 6.45) is 5.47.